The third-order valence-corrected chi connectivity index (χ3v) is 6.16. The minimum atomic E-state index is -0.356. The molecular formula is C26H18FN7OS. The van der Waals surface area contributed by atoms with Crippen LogP contribution in [0.4, 0.5) is 10.2 Å². The molecular weight excluding hydrogens is 477 g/mol. The third kappa shape index (κ3) is 4.73. The molecule has 5 aromatic rings. The van der Waals surface area contributed by atoms with Crippen LogP contribution >= 0.6 is 11.8 Å². The van der Waals surface area contributed by atoms with Gasteiger partial charge in [0.1, 0.15) is 17.4 Å². The normalized spacial score (nSPS) is 10.7. The van der Waals surface area contributed by atoms with E-state index in [0.717, 1.165) is 5.56 Å². The molecule has 0 unspecified atom stereocenters. The number of anilines is 1. The maximum atomic E-state index is 13.6. The van der Waals surface area contributed by atoms with Crippen LogP contribution in [0.25, 0.3) is 22.8 Å². The maximum Gasteiger partial charge on any atom is 0.236 e. The number of para-hydroxylation sites is 1. The molecule has 2 aromatic heterocycles. The average Bonchev–Trinajstić information content (AvgIpc) is 3.53. The Morgan fingerprint density at radius 1 is 0.944 bits per heavy atom. The van der Waals surface area contributed by atoms with Crippen molar-refractivity contribution in [3.8, 4) is 28.8 Å². The highest BCUT2D eigenvalue weighted by atomic mass is 32.2. The monoisotopic (exact) mass is 495 g/mol. The number of benzene rings is 3. The standard InChI is InChI=1S/C26H18FN7OS/c27-20-11-13-21(14-12-20)33-25(18-7-3-1-4-8-18)31-32-26(33)36-17-23(35)30-24-19(15-28)16-29-34(24)22-9-5-2-6-10-22/h1-14,16H,17H2,(H,30,35). The molecule has 0 bridgehead atoms. The number of thioether (sulfide) groups is 1. The van der Waals surface area contributed by atoms with Crippen LogP contribution in [0.3, 0.4) is 0 Å². The summed E-state index contributed by atoms with van der Waals surface area (Å²) in [5.41, 5.74) is 2.46. The molecule has 5 rings (SSSR count). The zero-order valence-electron chi connectivity index (χ0n) is 18.7. The van der Waals surface area contributed by atoms with Gasteiger partial charge < -0.3 is 5.32 Å². The number of nitrogens with zero attached hydrogens (tertiary/aromatic N) is 6. The average molecular weight is 496 g/mol. The smallest absolute Gasteiger partial charge is 0.236 e. The molecule has 0 fully saturated rings. The molecule has 36 heavy (non-hydrogen) atoms. The van der Waals surface area contributed by atoms with Crippen LogP contribution in [0.5, 0.6) is 0 Å². The molecule has 0 atom stereocenters. The largest absolute Gasteiger partial charge is 0.309 e. The molecule has 8 nitrogen and oxygen atoms in total. The van der Waals surface area contributed by atoms with Crippen molar-refractivity contribution in [3.63, 3.8) is 0 Å². The highest BCUT2D eigenvalue weighted by Gasteiger charge is 2.19. The second-order valence-corrected chi connectivity index (χ2v) is 8.53. The second-order valence-electron chi connectivity index (χ2n) is 7.59. The minimum absolute atomic E-state index is 0.00104. The lowest BCUT2D eigenvalue weighted by Crippen LogP contribution is -2.18. The molecule has 0 aliphatic carbocycles. The Balaban J connectivity index is 1.40. The van der Waals surface area contributed by atoms with Gasteiger partial charge in [-0.3, -0.25) is 9.36 Å². The lowest BCUT2D eigenvalue weighted by Gasteiger charge is -2.11. The fraction of sp³-hybridized carbons (Fsp3) is 0.0385. The molecule has 10 heteroatoms. The molecule has 2 heterocycles. The summed E-state index contributed by atoms with van der Waals surface area (Å²) in [5, 5.41) is 25.6. The first-order valence-corrected chi connectivity index (χ1v) is 11.9. The first-order chi connectivity index (χ1) is 17.6. The zero-order chi connectivity index (χ0) is 24.9. The summed E-state index contributed by atoms with van der Waals surface area (Å²) in [7, 11) is 0. The molecule has 3 aromatic carbocycles. The van der Waals surface area contributed by atoms with Crippen molar-refractivity contribution in [1.82, 2.24) is 24.5 Å². The van der Waals surface area contributed by atoms with Gasteiger partial charge in [0.25, 0.3) is 0 Å². The van der Waals surface area contributed by atoms with Crippen LogP contribution < -0.4 is 5.32 Å². The number of rotatable bonds is 7. The predicted molar refractivity (Wildman–Crippen MR) is 134 cm³/mol. The van der Waals surface area contributed by atoms with Gasteiger partial charge in [-0.05, 0) is 36.4 Å². The predicted octanol–water partition coefficient (Wildman–Crippen LogP) is 4.86. The van der Waals surface area contributed by atoms with Gasteiger partial charge >= 0.3 is 0 Å². The number of amides is 1. The topological polar surface area (TPSA) is 101 Å². The van der Waals surface area contributed by atoms with Crippen LogP contribution in [0.15, 0.2) is 96.3 Å². The maximum absolute atomic E-state index is 13.6. The Hall–Kier alpha value is -4.75. The first kappa shape index (κ1) is 23.0. The van der Waals surface area contributed by atoms with Gasteiger partial charge in [0.2, 0.25) is 5.91 Å². The van der Waals surface area contributed by atoms with Gasteiger partial charge in [-0.2, -0.15) is 10.4 Å². The summed E-state index contributed by atoms with van der Waals surface area (Å²) < 4.78 is 16.9. The number of nitriles is 1. The van der Waals surface area contributed by atoms with Crippen LogP contribution in [-0.2, 0) is 4.79 Å². The second kappa shape index (κ2) is 10.2. The van der Waals surface area contributed by atoms with E-state index >= 15 is 0 Å². The molecule has 176 valence electrons. The van der Waals surface area contributed by atoms with Crippen LogP contribution in [0.2, 0.25) is 0 Å². The Bertz CT molecular complexity index is 1540. The highest BCUT2D eigenvalue weighted by molar-refractivity contribution is 7.99. The lowest BCUT2D eigenvalue weighted by atomic mass is 10.2. The Morgan fingerprint density at radius 2 is 1.64 bits per heavy atom. The van der Waals surface area contributed by atoms with E-state index in [4.69, 9.17) is 0 Å². The van der Waals surface area contributed by atoms with E-state index in [1.807, 2.05) is 60.7 Å². The molecule has 1 N–H and O–H groups in total. The van der Waals surface area contributed by atoms with E-state index in [0.29, 0.717) is 28.2 Å². The summed E-state index contributed by atoms with van der Waals surface area (Å²) in [4.78, 5) is 12.9. The quantitative estimate of drug-likeness (QED) is 0.324. The fourth-order valence-corrected chi connectivity index (χ4v) is 4.33. The zero-order valence-corrected chi connectivity index (χ0v) is 19.6. The van der Waals surface area contributed by atoms with E-state index in [1.165, 1.54) is 34.8 Å². The van der Waals surface area contributed by atoms with Crippen LogP contribution in [0, 0.1) is 17.1 Å². The van der Waals surface area contributed by atoms with Gasteiger partial charge in [0.15, 0.2) is 16.8 Å². The Kier molecular flexibility index (Phi) is 6.55. The Morgan fingerprint density at radius 3 is 2.33 bits per heavy atom. The van der Waals surface area contributed by atoms with Crippen molar-refractivity contribution in [2.45, 2.75) is 5.16 Å². The van der Waals surface area contributed by atoms with E-state index in [1.54, 1.807) is 16.7 Å². The fourth-order valence-electron chi connectivity index (χ4n) is 3.57. The van der Waals surface area contributed by atoms with E-state index in [-0.39, 0.29) is 23.0 Å². The van der Waals surface area contributed by atoms with Gasteiger partial charge in [-0.1, -0.05) is 60.3 Å². The number of hydrogen-bond acceptors (Lipinski definition) is 6. The molecule has 0 aliphatic heterocycles. The van der Waals surface area contributed by atoms with Crippen molar-refractivity contribution < 1.29 is 9.18 Å². The molecule has 0 saturated heterocycles. The molecule has 0 radical (unpaired) electrons. The van der Waals surface area contributed by atoms with Crippen LogP contribution in [0.1, 0.15) is 5.56 Å². The van der Waals surface area contributed by atoms with E-state index < -0.39 is 0 Å². The Labute approximate surface area is 210 Å². The van der Waals surface area contributed by atoms with Gasteiger partial charge in [0, 0.05) is 11.3 Å². The first-order valence-electron chi connectivity index (χ1n) is 10.9. The highest BCUT2D eigenvalue weighted by Crippen LogP contribution is 2.28. The number of halogens is 1. The van der Waals surface area contributed by atoms with Crippen molar-refractivity contribution in [2.75, 3.05) is 11.1 Å². The number of carbonyl (C=O) groups is 1. The van der Waals surface area contributed by atoms with Crippen molar-refractivity contribution in [2.24, 2.45) is 0 Å². The molecule has 0 aliphatic rings. The summed E-state index contributed by atoms with van der Waals surface area (Å²) in [5.74, 6) is 0.159. The number of hydrogen-bond donors (Lipinski definition) is 1. The number of aromatic nitrogens is 5. The molecule has 0 spiro atoms. The summed E-state index contributed by atoms with van der Waals surface area (Å²) in [6, 6.07) is 26.7. The molecule has 0 saturated carbocycles. The van der Waals surface area contributed by atoms with Crippen molar-refractivity contribution in [1.29, 1.82) is 5.26 Å². The van der Waals surface area contributed by atoms with Gasteiger partial charge in [-0.25, -0.2) is 9.07 Å². The van der Waals surface area contributed by atoms with Crippen LogP contribution in [-0.4, -0.2) is 36.2 Å². The van der Waals surface area contributed by atoms with Crippen molar-refractivity contribution in [3.05, 3.63) is 103 Å². The SMILES string of the molecule is N#Cc1cnn(-c2ccccc2)c1NC(=O)CSc1nnc(-c2ccccc2)n1-c1ccc(F)cc1. The van der Waals surface area contributed by atoms with E-state index in [2.05, 4.69) is 26.7 Å². The summed E-state index contributed by atoms with van der Waals surface area (Å²) in [6.07, 6.45) is 1.41. The van der Waals surface area contributed by atoms with Gasteiger partial charge in [0.05, 0.1) is 17.6 Å². The lowest BCUT2D eigenvalue weighted by molar-refractivity contribution is -0.113. The van der Waals surface area contributed by atoms with E-state index in [9.17, 15) is 14.4 Å². The van der Waals surface area contributed by atoms with Crippen molar-refractivity contribution >= 4 is 23.5 Å². The minimum Gasteiger partial charge on any atom is -0.309 e. The number of carbonyl (C=O) groups excluding carboxylic acids is 1. The summed E-state index contributed by atoms with van der Waals surface area (Å²) in [6.45, 7) is 0. The number of nitrogens with one attached hydrogen (secondary N) is 1. The summed E-state index contributed by atoms with van der Waals surface area (Å²) >= 11 is 1.18. The third-order valence-electron chi connectivity index (χ3n) is 5.23. The molecule has 1 amide bonds. The van der Waals surface area contributed by atoms with Gasteiger partial charge in [-0.15, -0.1) is 10.2 Å².